The lowest BCUT2D eigenvalue weighted by atomic mass is 10.2. The van der Waals surface area contributed by atoms with E-state index < -0.39 is 10.0 Å². The van der Waals surface area contributed by atoms with Crippen molar-refractivity contribution >= 4 is 21.4 Å². The summed E-state index contributed by atoms with van der Waals surface area (Å²) >= 11 is 1.61. The van der Waals surface area contributed by atoms with Crippen molar-refractivity contribution in [3.63, 3.8) is 0 Å². The van der Waals surface area contributed by atoms with Crippen LogP contribution in [0.5, 0.6) is 0 Å². The molecule has 6 heteroatoms. The highest BCUT2D eigenvalue weighted by Gasteiger charge is 2.13. The van der Waals surface area contributed by atoms with Gasteiger partial charge in [-0.25, -0.2) is 13.1 Å². The van der Waals surface area contributed by atoms with Gasteiger partial charge in [0.1, 0.15) is 0 Å². The van der Waals surface area contributed by atoms with Crippen molar-refractivity contribution in [3.05, 3.63) is 52.2 Å². The van der Waals surface area contributed by atoms with Gasteiger partial charge in [-0.2, -0.15) is 11.3 Å². The van der Waals surface area contributed by atoms with Gasteiger partial charge in [0.15, 0.2) is 0 Å². The summed E-state index contributed by atoms with van der Waals surface area (Å²) in [5.74, 6) is 0. The highest BCUT2D eigenvalue weighted by Crippen LogP contribution is 2.11. The molecule has 3 N–H and O–H groups in total. The molecule has 0 amide bonds. The normalized spacial score (nSPS) is 11.6. The van der Waals surface area contributed by atoms with Crippen LogP contribution in [0, 0.1) is 0 Å². The Hall–Kier alpha value is -1.21. The fourth-order valence-corrected chi connectivity index (χ4v) is 3.49. The average Bonchev–Trinajstić information content (AvgIpc) is 2.92. The smallest absolute Gasteiger partial charge is 0.240 e. The molecule has 0 atom stereocenters. The van der Waals surface area contributed by atoms with Crippen molar-refractivity contribution in [2.24, 2.45) is 5.73 Å². The predicted octanol–water partition coefficient (Wildman–Crippen LogP) is 1.73. The monoisotopic (exact) mass is 296 g/mol. The first kappa shape index (κ1) is 14.2. The van der Waals surface area contributed by atoms with E-state index in [1.807, 2.05) is 22.9 Å². The lowest BCUT2D eigenvalue weighted by molar-refractivity contribution is 0.581. The van der Waals surface area contributed by atoms with Crippen LogP contribution in [0.1, 0.15) is 11.1 Å². The van der Waals surface area contributed by atoms with Crippen molar-refractivity contribution in [1.82, 2.24) is 4.72 Å². The number of hydrogen-bond donors (Lipinski definition) is 2. The zero-order valence-electron chi connectivity index (χ0n) is 10.4. The van der Waals surface area contributed by atoms with Crippen molar-refractivity contribution in [2.45, 2.75) is 17.9 Å². The number of thiophene rings is 1. The molecular formula is C13H16N2O2S2. The molecule has 0 aliphatic carbocycles. The number of benzene rings is 1. The Morgan fingerprint density at radius 2 is 2.05 bits per heavy atom. The zero-order valence-corrected chi connectivity index (χ0v) is 12.0. The lowest BCUT2D eigenvalue weighted by Gasteiger charge is -2.07. The second-order valence-electron chi connectivity index (χ2n) is 4.13. The molecule has 0 bridgehead atoms. The first-order valence-corrected chi connectivity index (χ1v) is 8.34. The van der Waals surface area contributed by atoms with Crippen molar-refractivity contribution in [3.8, 4) is 0 Å². The first-order valence-electron chi connectivity index (χ1n) is 5.91. The summed E-state index contributed by atoms with van der Waals surface area (Å²) in [5.41, 5.74) is 7.46. The summed E-state index contributed by atoms with van der Waals surface area (Å²) in [5, 5.41) is 4.00. The lowest BCUT2D eigenvalue weighted by Crippen LogP contribution is -2.26. The molecule has 4 nitrogen and oxygen atoms in total. The molecule has 0 saturated heterocycles. The van der Waals surface area contributed by atoms with Crippen LogP contribution >= 0.6 is 11.3 Å². The van der Waals surface area contributed by atoms with Crippen molar-refractivity contribution in [2.75, 3.05) is 6.54 Å². The Morgan fingerprint density at radius 1 is 1.21 bits per heavy atom. The van der Waals surface area contributed by atoms with Gasteiger partial charge in [-0.1, -0.05) is 12.1 Å². The fraction of sp³-hybridized carbons (Fsp3) is 0.231. The van der Waals surface area contributed by atoms with Crippen LogP contribution in [-0.2, 0) is 23.0 Å². The van der Waals surface area contributed by atoms with E-state index >= 15 is 0 Å². The molecule has 0 radical (unpaired) electrons. The second kappa shape index (κ2) is 6.29. The average molecular weight is 296 g/mol. The van der Waals surface area contributed by atoms with E-state index in [1.54, 1.807) is 29.5 Å². The SMILES string of the molecule is NCc1cccc(S(=O)(=O)NCCc2ccsc2)c1. The van der Waals surface area contributed by atoms with E-state index in [0.29, 0.717) is 19.5 Å². The van der Waals surface area contributed by atoms with E-state index in [2.05, 4.69) is 4.72 Å². The summed E-state index contributed by atoms with van der Waals surface area (Å²) < 4.78 is 26.8. The fourth-order valence-electron chi connectivity index (χ4n) is 1.69. The first-order chi connectivity index (χ1) is 9.12. The van der Waals surface area contributed by atoms with Gasteiger partial charge in [0.2, 0.25) is 10.0 Å². The van der Waals surface area contributed by atoms with Gasteiger partial charge in [0, 0.05) is 13.1 Å². The van der Waals surface area contributed by atoms with Crippen molar-refractivity contribution < 1.29 is 8.42 Å². The van der Waals surface area contributed by atoms with Gasteiger partial charge in [-0.3, -0.25) is 0 Å². The third-order valence-electron chi connectivity index (χ3n) is 2.73. The maximum atomic E-state index is 12.1. The van der Waals surface area contributed by atoms with Gasteiger partial charge in [-0.05, 0) is 46.5 Å². The minimum Gasteiger partial charge on any atom is -0.326 e. The molecule has 2 rings (SSSR count). The Bertz CT molecular complexity index is 622. The van der Waals surface area contributed by atoms with E-state index in [0.717, 1.165) is 11.1 Å². The van der Waals surface area contributed by atoms with Crippen LogP contribution in [0.4, 0.5) is 0 Å². The molecule has 1 aromatic heterocycles. The minimum absolute atomic E-state index is 0.265. The van der Waals surface area contributed by atoms with Gasteiger partial charge in [-0.15, -0.1) is 0 Å². The molecule has 19 heavy (non-hydrogen) atoms. The summed E-state index contributed by atoms with van der Waals surface area (Å²) in [4.78, 5) is 0.265. The highest BCUT2D eigenvalue weighted by molar-refractivity contribution is 7.89. The van der Waals surface area contributed by atoms with E-state index in [1.165, 1.54) is 0 Å². The predicted molar refractivity (Wildman–Crippen MR) is 77.5 cm³/mol. The minimum atomic E-state index is -3.45. The standard InChI is InChI=1S/C13H16N2O2S2/c14-9-12-2-1-3-13(8-12)19(16,17)15-6-4-11-5-7-18-10-11/h1-3,5,7-8,10,15H,4,6,9,14H2. The molecule has 2 aromatic rings. The van der Waals surface area contributed by atoms with Gasteiger partial charge >= 0.3 is 0 Å². The number of nitrogens with two attached hydrogens (primary N) is 1. The molecule has 0 aliphatic heterocycles. The van der Waals surface area contributed by atoms with Crippen LogP contribution in [0.3, 0.4) is 0 Å². The van der Waals surface area contributed by atoms with Gasteiger partial charge in [0.25, 0.3) is 0 Å². The third kappa shape index (κ3) is 3.87. The molecule has 1 heterocycles. The van der Waals surface area contributed by atoms with Crippen LogP contribution < -0.4 is 10.5 Å². The Balaban J connectivity index is 2.01. The molecular weight excluding hydrogens is 280 g/mol. The van der Waals surface area contributed by atoms with Crippen LogP contribution in [0.15, 0.2) is 46.0 Å². The number of sulfonamides is 1. The quantitative estimate of drug-likeness (QED) is 0.852. The summed E-state index contributed by atoms with van der Waals surface area (Å²) in [6.45, 7) is 0.726. The topological polar surface area (TPSA) is 72.2 Å². The Labute approximate surface area is 117 Å². The van der Waals surface area contributed by atoms with Crippen LogP contribution in [-0.4, -0.2) is 15.0 Å². The maximum Gasteiger partial charge on any atom is 0.240 e. The molecule has 0 fully saturated rings. The molecule has 0 spiro atoms. The number of hydrogen-bond acceptors (Lipinski definition) is 4. The summed E-state index contributed by atoms with van der Waals surface area (Å²) in [6.07, 6.45) is 0.694. The summed E-state index contributed by atoms with van der Waals surface area (Å²) in [7, 11) is -3.45. The third-order valence-corrected chi connectivity index (χ3v) is 4.92. The van der Waals surface area contributed by atoms with E-state index in [4.69, 9.17) is 5.73 Å². The molecule has 102 valence electrons. The largest absolute Gasteiger partial charge is 0.326 e. The Kier molecular flexibility index (Phi) is 4.71. The molecule has 1 aromatic carbocycles. The number of nitrogens with one attached hydrogen (secondary N) is 1. The zero-order chi connectivity index (χ0) is 13.7. The highest BCUT2D eigenvalue weighted by atomic mass is 32.2. The second-order valence-corrected chi connectivity index (χ2v) is 6.68. The molecule has 0 aliphatic rings. The maximum absolute atomic E-state index is 12.1. The molecule has 0 saturated carbocycles. The summed E-state index contributed by atoms with van der Waals surface area (Å²) in [6, 6.07) is 8.69. The van der Waals surface area contributed by atoms with Gasteiger partial charge in [0.05, 0.1) is 4.90 Å². The van der Waals surface area contributed by atoms with E-state index in [-0.39, 0.29) is 4.90 Å². The molecule has 0 unspecified atom stereocenters. The van der Waals surface area contributed by atoms with Gasteiger partial charge < -0.3 is 5.73 Å². The van der Waals surface area contributed by atoms with Crippen LogP contribution in [0.2, 0.25) is 0 Å². The number of rotatable bonds is 6. The van der Waals surface area contributed by atoms with E-state index in [9.17, 15) is 8.42 Å². The van der Waals surface area contributed by atoms with Crippen LogP contribution in [0.25, 0.3) is 0 Å². The van der Waals surface area contributed by atoms with Crippen molar-refractivity contribution in [1.29, 1.82) is 0 Å². The Morgan fingerprint density at radius 3 is 2.74 bits per heavy atom.